The lowest BCUT2D eigenvalue weighted by atomic mass is 10.1. The summed E-state index contributed by atoms with van der Waals surface area (Å²) in [6.07, 6.45) is 6.20. The number of amides is 1. The van der Waals surface area contributed by atoms with Crippen LogP contribution in [0.2, 0.25) is 0 Å². The van der Waals surface area contributed by atoms with Crippen molar-refractivity contribution in [2.75, 3.05) is 0 Å². The number of nitrogens with one attached hydrogen (secondary N) is 1. The van der Waals surface area contributed by atoms with Crippen molar-refractivity contribution < 1.29 is 9.18 Å². The minimum Gasteiger partial charge on any atom is -0.352 e. The van der Waals surface area contributed by atoms with Gasteiger partial charge in [-0.15, -0.1) is 0 Å². The van der Waals surface area contributed by atoms with Crippen LogP contribution in [0.1, 0.15) is 23.1 Å². The van der Waals surface area contributed by atoms with Crippen LogP contribution in [0.3, 0.4) is 0 Å². The third kappa shape index (κ3) is 4.72. The van der Waals surface area contributed by atoms with Gasteiger partial charge in [-0.25, -0.2) is 4.39 Å². The molecule has 0 bridgehead atoms. The van der Waals surface area contributed by atoms with Crippen molar-refractivity contribution >= 4 is 5.91 Å². The maximum Gasteiger partial charge on any atom is 0.220 e. The third-order valence-corrected chi connectivity index (χ3v) is 4.13. The first-order valence-electron chi connectivity index (χ1n) is 8.49. The van der Waals surface area contributed by atoms with Crippen LogP contribution in [-0.4, -0.2) is 15.9 Å². The molecule has 26 heavy (non-hydrogen) atoms. The number of carbonyl (C=O) groups is 1. The molecule has 0 aliphatic carbocycles. The summed E-state index contributed by atoms with van der Waals surface area (Å²) in [4.78, 5) is 20.5. The van der Waals surface area contributed by atoms with Gasteiger partial charge in [-0.2, -0.15) is 0 Å². The standard InChI is InChI=1S/C21H20FN3O/c1-15-11-16(4-7-19(15)22)6-9-21(26)25-13-17-5-8-20(24-12-17)18-3-2-10-23-14-18/h2-5,7-8,10-12,14H,6,9,13H2,1H3,(H,25,26). The molecule has 0 aliphatic rings. The zero-order valence-corrected chi connectivity index (χ0v) is 14.6. The number of aryl methyl sites for hydroxylation is 2. The van der Waals surface area contributed by atoms with E-state index in [1.165, 1.54) is 6.07 Å². The minimum atomic E-state index is -0.222. The van der Waals surface area contributed by atoms with Gasteiger partial charge >= 0.3 is 0 Å². The molecular weight excluding hydrogens is 329 g/mol. The van der Waals surface area contributed by atoms with Gasteiger partial charge in [0, 0.05) is 37.1 Å². The van der Waals surface area contributed by atoms with Crippen LogP contribution in [0.25, 0.3) is 11.3 Å². The molecule has 0 unspecified atom stereocenters. The number of pyridine rings is 2. The van der Waals surface area contributed by atoms with Crippen LogP contribution in [0.4, 0.5) is 4.39 Å². The SMILES string of the molecule is Cc1cc(CCC(=O)NCc2ccc(-c3cccnc3)nc2)ccc1F. The minimum absolute atomic E-state index is 0.0386. The molecule has 0 atom stereocenters. The maximum atomic E-state index is 13.3. The Kier molecular flexibility index (Phi) is 5.69. The zero-order chi connectivity index (χ0) is 18.4. The highest BCUT2D eigenvalue weighted by Gasteiger charge is 2.05. The van der Waals surface area contributed by atoms with Crippen molar-refractivity contribution in [3.63, 3.8) is 0 Å². The summed E-state index contributed by atoms with van der Waals surface area (Å²) in [5.74, 6) is -0.260. The van der Waals surface area contributed by atoms with Crippen LogP contribution in [0.15, 0.2) is 61.1 Å². The molecule has 0 saturated carbocycles. The number of nitrogens with zero attached hydrogens (tertiary/aromatic N) is 2. The van der Waals surface area contributed by atoms with Crippen LogP contribution in [-0.2, 0) is 17.8 Å². The summed E-state index contributed by atoms with van der Waals surface area (Å²) in [6, 6.07) is 12.6. The van der Waals surface area contributed by atoms with E-state index in [1.54, 1.807) is 37.6 Å². The first kappa shape index (κ1) is 17.7. The Hall–Kier alpha value is -3.08. The summed E-state index contributed by atoms with van der Waals surface area (Å²) in [7, 11) is 0. The Balaban J connectivity index is 1.49. The van der Waals surface area contributed by atoms with E-state index >= 15 is 0 Å². The first-order valence-corrected chi connectivity index (χ1v) is 8.49. The normalized spacial score (nSPS) is 10.5. The van der Waals surface area contributed by atoms with Crippen LogP contribution >= 0.6 is 0 Å². The van der Waals surface area contributed by atoms with Gasteiger partial charge in [0.25, 0.3) is 0 Å². The van der Waals surface area contributed by atoms with Gasteiger partial charge in [0.15, 0.2) is 0 Å². The van der Waals surface area contributed by atoms with Gasteiger partial charge in [0.1, 0.15) is 5.82 Å². The van der Waals surface area contributed by atoms with Crippen molar-refractivity contribution in [1.29, 1.82) is 0 Å². The fourth-order valence-corrected chi connectivity index (χ4v) is 2.62. The molecule has 5 heteroatoms. The van der Waals surface area contributed by atoms with E-state index in [9.17, 15) is 9.18 Å². The Morgan fingerprint density at radius 1 is 1.12 bits per heavy atom. The molecule has 2 heterocycles. The second kappa shape index (κ2) is 8.34. The summed E-state index contributed by atoms with van der Waals surface area (Å²) in [5.41, 5.74) is 4.30. The van der Waals surface area contributed by atoms with Gasteiger partial charge in [-0.1, -0.05) is 18.2 Å². The largest absolute Gasteiger partial charge is 0.352 e. The number of hydrogen-bond donors (Lipinski definition) is 1. The highest BCUT2D eigenvalue weighted by molar-refractivity contribution is 5.76. The zero-order valence-electron chi connectivity index (χ0n) is 14.6. The Bertz CT molecular complexity index is 880. The van der Waals surface area contributed by atoms with E-state index < -0.39 is 0 Å². The van der Waals surface area contributed by atoms with E-state index in [-0.39, 0.29) is 11.7 Å². The van der Waals surface area contributed by atoms with Crippen molar-refractivity contribution in [3.05, 3.63) is 83.6 Å². The molecule has 132 valence electrons. The second-order valence-electron chi connectivity index (χ2n) is 6.15. The molecule has 0 aliphatic heterocycles. The van der Waals surface area contributed by atoms with E-state index in [0.29, 0.717) is 24.9 Å². The molecule has 1 aromatic carbocycles. The lowest BCUT2D eigenvalue weighted by Gasteiger charge is -2.07. The van der Waals surface area contributed by atoms with Crippen LogP contribution in [0.5, 0.6) is 0 Å². The van der Waals surface area contributed by atoms with Crippen molar-refractivity contribution in [2.24, 2.45) is 0 Å². The molecule has 0 spiro atoms. The highest BCUT2D eigenvalue weighted by Crippen LogP contribution is 2.15. The predicted molar refractivity (Wildman–Crippen MR) is 98.8 cm³/mol. The fraction of sp³-hybridized carbons (Fsp3) is 0.190. The number of hydrogen-bond acceptors (Lipinski definition) is 3. The number of rotatable bonds is 6. The average molecular weight is 349 g/mol. The highest BCUT2D eigenvalue weighted by atomic mass is 19.1. The first-order chi connectivity index (χ1) is 12.6. The molecule has 1 N–H and O–H groups in total. The molecule has 2 aromatic heterocycles. The van der Waals surface area contributed by atoms with Gasteiger partial charge in [0.2, 0.25) is 5.91 Å². The third-order valence-electron chi connectivity index (χ3n) is 4.13. The fourth-order valence-electron chi connectivity index (χ4n) is 2.62. The molecule has 3 aromatic rings. The van der Waals surface area contributed by atoms with E-state index in [1.807, 2.05) is 24.3 Å². The van der Waals surface area contributed by atoms with E-state index in [0.717, 1.165) is 22.4 Å². The molecule has 3 rings (SSSR count). The van der Waals surface area contributed by atoms with Gasteiger partial charge < -0.3 is 5.32 Å². The topological polar surface area (TPSA) is 54.9 Å². The summed E-state index contributed by atoms with van der Waals surface area (Å²) in [5, 5.41) is 2.89. The molecule has 0 fully saturated rings. The van der Waals surface area contributed by atoms with Crippen molar-refractivity contribution in [1.82, 2.24) is 15.3 Å². The molecule has 0 saturated heterocycles. The Morgan fingerprint density at radius 2 is 1.96 bits per heavy atom. The van der Waals surface area contributed by atoms with Crippen LogP contribution in [0, 0.1) is 12.7 Å². The lowest BCUT2D eigenvalue weighted by Crippen LogP contribution is -2.23. The molecule has 0 radical (unpaired) electrons. The number of halogens is 1. The number of aromatic nitrogens is 2. The molecule has 1 amide bonds. The summed E-state index contributed by atoms with van der Waals surface area (Å²) >= 11 is 0. The van der Waals surface area contributed by atoms with Gasteiger partial charge in [-0.3, -0.25) is 14.8 Å². The second-order valence-corrected chi connectivity index (χ2v) is 6.15. The Morgan fingerprint density at radius 3 is 2.65 bits per heavy atom. The molecular formula is C21H20FN3O. The molecule has 4 nitrogen and oxygen atoms in total. The van der Waals surface area contributed by atoms with Crippen molar-refractivity contribution in [2.45, 2.75) is 26.3 Å². The number of benzene rings is 1. The van der Waals surface area contributed by atoms with Crippen LogP contribution < -0.4 is 5.32 Å². The predicted octanol–water partition coefficient (Wildman–Crippen LogP) is 3.84. The smallest absolute Gasteiger partial charge is 0.220 e. The van der Waals surface area contributed by atoms with E-state index in [4.69, 9.17) is 0 Å². The van der Waals surface area contributed by atoms with E-state index in [2.05, 4.69) is 15.3 Å². The lowest BCUT2D eigenvalue weighted by molar-refractivity contribution is -0.121. The van der Waals surface area contributed by atoms with Gasteiger partial charge in [0.05, 0.1) is 5.69 Å². The monoisotopic (exact) mass is 349 g/mol. The quantitative estimate of drug-likeness (QED) is 0.736. The Labute approximate surface area is 152 Å². The summed E-state index contributed by atoms with van der Waals surface area (Å²) in [6.45, 7) is 2.16. The maximum absolute atomic E-state index is 13.3. The summed E-state index contributed by atoms with van der Waals surface area (Å²) < 4.78 is 13.3. The average Bonchev–Trinajstić information content (AvgIpc) is 2.68. The van der Waals surface area contributed by atoms with Crippen molar-refractivity contribution in [3.8, 4) is 11.3 Å². The van der Waals surface area contributed by atoms with Gasteiger partial charge in [-0.05, 0) is 54.3 Å². The number of carbonyl (C=O) groups excluding carboxylic acids is 1.